The van der Waals surface area contributed by atoms with Crippen LogP contribution in [0.4, 0.5) is 0 Å². The molecule has 0 saturated heterocycles. The lowest BCUT2D eigenvalue weighted by Gasteiger charge is -2.03. The Kier molecular flexibility index (Phi) is 5.15. The van der Waals surface area contributed by atoms with E-state index >= 15 is 0 Å². The molecule has 1 aromatic carbocycles. The minimum absolute atomic E-state index is 0.243. The Morgan fingerprint density at radius 1 is 1.33 bits per heavy atom. The first-order valence-corrected chi connectivity index (χ1v) is 5.17. The fraction of sp³-hybridized carbons (Fsp3) is 0.364. The normalized spacial score (nSPS) is 10.0. The number of carbonyl (C=O) groups is 1. The van der Waals surface area contributed by atoms with Crippen LogP contribution in [0.15, 0.2) is 24.3 Å². The third-order valence-electron chi connectivity index (χ3n) is 1.74. The number of carbonyl (C=O) groups excluding carboxylic acids is 1. The van der Waals surface area contributed by atoms with Crippen LogP contribution < -0.4 is 0 Å². The molecule has 0 aromatic heterocycles. The Morgan fingerprint density at radius 2 is 2.00 bits per heavy atom. The molecule has 0 fully saturated rings. The monoisotopic (exact) mass is 228 g/mol. The molecule has 0 heterocycles. The lowest BCUT2D eigenvalue weighted by atomic mass is 10.2. The number of halogens is 1. The number of benzene rings is 1. The maximum absolute atomic E-state index is 10.9. The summed E-state index contributed by atoms with van der Waals surface area (Å²) in [5, 5.41) is 0.668. The summed E-state index contributed by atoms with van der Waals surface area (Å²) in [6, 6.07) is 7.15. The van der Waals surface area contributed by atoms with Crippen LogP contribution >= 0.6 is 11.6 Å². The maximum Gasteiger partial charge on any atom is 0.342 e. The van der Waals surface area contributed by atoms with E-state index in [1.54, 1.807) is 12.1 Å². The van der Waals surface area contributed by atoms with Gasteiger partial charge in [0.25, 0.3) is 0 Å². The smallest absolute Gasteiger partial charge is 0.298 e. The summed E-state index contributed by atoms with van der Waals surface area (Å²) in [5.74, 6) is -0.341. The van der Waals surface area contributed by atoms with Gasteiger partial charge in [-0.05, 0) is 24.1 Å². The van der Waals surface area contributed by atoms with E-state index in [1.165, 1.54) is 0 Å². The van der Waals surface area contributed by atoms with Gasteiger partial charge in [0, 0.05) is 11.4 Å². The van der Waals surface area contributed by atoms with E-state index < -0.39 is 0 Å². The molecule has 0 radical (unpaired) electrons. The molecule has 0 aliphatic rings. The summed E-state index contributed by atoms with van der Waals surface area (Å²) in [6.45, 7) is 2.15. The fourth-order valence-electron chi connectivity index (χ4n) is 0.990. The molecule has 1 rings (SSSR count). The van der Waals surface area contributed by atoms with Crippen LogP contribution in [0.3, 0.4) is 0 Å². The van der Waals surface area contributed by atoms with Crippen LogP contribution in [-0.2, 0) is 21.2 Å². The zero-order chi connectivity index (χ0) is 11.1. The second-order valence-corrected chi connectivity index (χ2v) is 3.53. The van der Waals surface area contributed by atoms with Gasteiger partial charge in [0.1, 0.15) is 6.61 Å². The van der Waals surface area contributed by atoms with Crippen LogP contribution in [0, 0.1) is 0 Å². The third kappa shape index (κ3) is 4.81. The van der Waals surface area contributed by atoms with Crippen LogP contribution in [0.1, 0.15) is 25.3 Å². The van der Waals surface area contributed by atoms with Gasteiger partial charge in [-0.2, -0.15) is 4.89 Å². The van der Waals surface area contributed by atoms with Crippen molar-refractivity contribution in [1.82, 2.24) is 0 Å². The van der Waals surface area contributed by atoms with Gasteiger partial charge in [-0.25, -0.2) is 4.79 Å². The molecule has 82 valence electrons. The molecule has 15 heavy (non-hydrogen) atoms. The Morgan fingerprint density at radius 3 is 2.60 bits per heavy atom. The largest absolute Gasteiger partial charge is 0.342 e. The molecule has 0 bridgehead atoms. The molecule has 0 atom stereocenters. The van der Waals surface area contributed by atoms with Crippen LogP contribution in [0.25, 0.3) is 0 Å². The molecular formula is C11H13ClO3. The Balaban J connectivity index is 2.26. The van der Waals surface area contributed by atoms with E-state index in [2.05, 4.69) is 4.89 Å². The van der Waals surface area contributed by atoms with E-state index in [-0.39, 0.29) is 12.6 Å². The Hall–Kier alpha value is -1.06. The molecule has 0 saturated carbocycles. The van der Waals surface area contributed by atoms with E-state index in [4.69, 9.17) is 16.5 Å². The maximum atomic E-state index is 10.9. The summed E-state index contributed by atoms with van der Waals surface area (Å²) in [6.07, 6.45) is 1.13. The lowest BCUT2D eigenvalue weighted by Crippen LogP contribution is -2.04. The average Bonchev–Trinajstić information content (AvgIpc) is 2.21. The zero-order valence-corrected chi connectivity index (χ0v) is 9.29. The minimum Gasteiger partial charge on any atom is -0.298 e. The standard InChI is InChI=1S/C11H13ClO3/c1-2-3-11(13)15-14-8-9-4-6-10(12)7-5-9/h4-7H,2-3,8H2,1H3. The van der Waals surface area contributed by atoms with Crippen LogP contribution in [0.2, 0.25) is 5.02 Å². The molecule has 0 aliphatic carbocycles. The SMILES string of the molecule is CCCC(=O)OOCc1ccc(Cl)cc1. The van der Waals surface area contributed by atoms with Crippen molar-refractivity contribution in [2.75, 3.05) is 0 Å². The number of hydrogen-bond acceptors (Lipinski definition) is 3. The average molecular weight is 229 g/mol. The Bertz CT molecular complexity index is 308. The molecule has 0 unspecified atom stereocenters. The number of hydrogen-bond donors (Lipinski definition) is 0. The molecule has 0 N–H and O–H groups in total. The third-order valence-corrected chi connectivity index (χ3v) is 2.00. The highest BCUT2D eigenvalue weighted by Gasteiger charge is 2.01. The van der Waals surface area contributed by atoms with Crippen LogP contribution in [-0.4, -0.2) is 5.97 Å². The van der Waals surface area contributed by atoms with E-state index in [9.17, 15) is 4.79 Å². The van der Waals surface area contributed by atoms with Gasteiger partial charge in [-0.1, -0.05) is 30.7 Å². The molecule has 1 aromatic rings. The van der Waals surface area contributed by atoms with Gasteiger partial charge in [0.05, 0.1) is 0 Å². The van der Waals surface area contributed by atoms with Crippen molar-refractivity contribution in [1.29, 1.82) is 0 Å². The van der Waals surface area contributed by atoms with Crippen molar-refractivity contribution < 1.29 is 14.6 Å². The highest BCUT2D eigenvalue weighted by Crippen LogP contribution is 2.10. The lowest BCUT2D eigenvalue weighted by molar-refractivity contribution is -0.280. The molecule has 0 spiro atoms. The predicted octanol–water partition coefficient (Wildman–Crippen LogP) is 3.11. The van der Waals surface area contributed by atoms with Crippen LogP contribution in [0.5, 0.6) is 0 Å². The van der Waals surface area contributed by atoms with Gasteiger partial charge in [-0.15, -0.1) is 0 Å². The van der Waals surface area contributed by atoms with Crippen molar-refractivity contribution >= 4 is 17.6 Å². The first kappa shape index (κ1) is 12.0. The zero-order valence-electron chi connectivity index (χ0n) is 8.53. The molecule has 4 heteroatoms. The predicted molar refractivity (Wildman–Crippen MR) is 57.2 cm³/mol. The number of rotatable bonds is 5. The van der Waals surface area contributed by atoms with Gasteiger partial charge in [-0.3, -0.25) is 4.89 Å². The van der Waals surface area contributed by atoms with Gasteiger partial charge in [0.2, 0.25) is 0 Å². The Labute approximate surface area is 93.9 Å². The van der Waals surface area contributed by atoms with E-state index in [0.29, 0.717) is 11.4 Å². The molecular weight excluding hydrogens is 216 g/mol. The molecule has 3 nitrogen and oxygen atoms in total. The van der Waals surface area contributed by atoms with Crippen molar-refractivity contribution in [3.8, 4) is 0 Å². The first-order valence-electron chi connectivity index (χ1n) is 4.79. The summed E-state index contributed by atoms with van der Waals surface area (Å²) < 4.78 is 0. The second-order valence-electron chi connectivity index (χ2n) is 3.09. The van der Waals surface area contributed by atoms with Gasteiger partial charge >= 0.3 is 5.97 Å². The summed E-state index contributed by atoms with van der Waals surface area (Å²) in [5.41, 5.74) is 0.906. The van der Waals surface area contributed by atoms with Gasteiger partial charge in [0.15, 0.2) is 0 Å². The van der Waals surface area contributed by atoms with E-state index in [0.717, 1.165) is 12.0 Å². The van der Waals surface area contributed by atoms with Crippen molar-refractivity contribution in [3.63, 3.8) is 0 Å². The summed E-state index contributed by atoms with van der Waals surface area (Å²) in [4.78, 5) is 20.2. The van der Waals surface area contributed by atoms with Gasteiger partial charge < -0.3 is 0 Å². The second kappa shape index (κ2) is 6.43. The minimum atomic E-state index is -0.341. The molecule has 0 aliphatic heterocycles. The molecule has 0 amide bonds. The van der Waals surface area contributed by atoms with Crippen molar-refractivity contribution in [3.05, 3.63) is 34.9 Å². The highest BCUT2D eigenvalue weighted by atomic mass is 35.5. The summed E-state index contributed by atoms with van der Waals surface area (Å²) >= 11 is 5.71. The quantitative estimate of drug-likeness (QED) is 0.574. The van der Waals surface area contributed by atoms with Crippen molar-refractivity contribution in [2.45, 2.75) is 26.4 Å². The van der Waals surface area contributed by atoms with Crippen molar-refractivity contribution in [2.24, 2.45) is 0 Å². The topological polar surface area (TPSA) is 35.5 Å². The first-order chi connectivity index (χ1) is 7.22. The summed E-state index contributed by atoms with van der Waals surface area (Å²) in [7, 11) is 0. The highest BCUT2D eigenvalue weighted by molar-refractivity contribution is 6.30. The van der Waals surface area contributed by atoms with E-state index in [1.807, 2.05) is 19.1 Å². The fourth-order valence-corrected chi connectivity index (χ4v) is 1.12.